The van der Waals surface area contributed by atoms with E-state index in [9.17, 15) is 33.7 Å². The largest absolute Gasteiger partial charge is 0.400 e. The second-order valence-electron chi connectivity index (χ2n) is 24.6. The van der Waals surface area contributed by atoms with Crippen LogP contribution >= 0.6 is 0 Å². The quantitative estimate of drug-likeness (QED) is 0.323. The Hall–Kier alpha value is -0.680. The molecule has 8 aliphatic heterocycles. The van der Waals surface area contributed by atoms with E-state index in [0.29, 0.717) is 88.0 Å². The standard InChI is InChI=1S/4C8H16N2O2S.C5H12O.C5H12.C4H10O.C4H10.C2H6O.CH4O.2CH4/c4*1-13(11,12)10-6-5-9-4-2-3-8(9)7-10;1-5(2,3)6-4;1-5(2,3)4;1-4(2)5-3;1-4(2)3;1-3-2;1-2;;/h4*8H,2-7H2,1H3;1-4H3;1-4H3;4H,1-3H3;4H,1-3H3;1-2H3;2H,1H3;2*1H4. The van der Waals surface area contributed by atoms with Gasteiger partial charge in [-0.05, 0) is 123 Å². The van der Waals surface area contributed by atoms with Crippen LogP contribution in [0, 0.1) is 11.3 Å². The third kappa shape index (κ3) is 40.3. The van der Waals surface area contributed by atoms with Gasteiger partial charge in [0.05, 0.1) is 36.7 Å². The molecule has 0 aromatic heterocycles. The fraction of sp³-hybridized carbons (Fsp3) is 1.00. The van der Waals surface area contributed by atoms with Crippen molar-refractivity contribution in [3.8, 4) is 0 Å². The lowest BCUT2D eigenvalue weighted by atomic mass is 10.0. The number of rotatable bonds is 5. The monoisotopic (exact) mass is 1220 g/mol. The van der Waals surface area contributed by atoms with Crippen molar-refractivity contribution in [3.63, 3.8) is 0 Å². The highest BCUT2D eigenvalue weighted by molar-refractivity contribution is 7.89. The molecule has 8 heterocycles. The zero-order valence-corrected chi connectivity index (χ0v) is 55.8. The lowest BCUT2D eigenvalue weighted by molar-refractivity contribution is 0.0397. The summed E-state index contributed by atoms with van der Waals surface area (Å²) < 4.78 is 111. The molecule has 0 bridgehead atoms. The van der Waals surface area contributed by atoms with Gasteiger partial charge in [0.25, 0.3) is 0 Å². The summed E-state index contributed by atoms with van der Waals surface area (Å²) in [5.41, 5.74) is 0.542. The second-order valence-corrected chi connectivity index (χ2v) is 32.5. The number of piperazine rings is 4. The van der Waals surface area contributed by atoms with E-state index in [4.69, 9.17) is 14.6 Å². The lowest BCUT2D eigenvalue weighted by Crippen LogP contribution is -2.51. The minimum absolute atomic E-state index is 0. The number of aliphatic hydroxyl groups is 1. The van der Waals surface area contributed by atoms with Crippen molar-refractivity contribution < 1.29 is 53.0 Å². The van der Waals surface area contributed by atoms with Crippen molar-refractivity contribution in [2.45, 2.75) is 185 Å². The van der Waals surface area contributed by atoms with Crippen LogP contribution in [0.15, 0.2) is 0 Å². The second kappa shape index (κ2) is 41.4. The van der Waals surface area contributed by atoms with Gasteiger partial charge >= 0.3 is 0 Å². The molecular weight excluding hydrogens is 1090 g/mol. The molecule has 79 heavy (non-hydrogen) atoms. The number of hydrogen-bond donors (Lipinski definition) is 1. The molecule has 8 saturated heterocycles. The smallest absolute Gasteiger partial charge is 0.211 e. The summed E-state index contributed by atoms with van der Waals surface area (Å²) in [5, 5.41) is 7.00. The number of ether oxygens (including phenoxy) is 3. The van der Waals surface area contributed by atoms with Gasteiger partial charge in [0.15, 0.2) is 0 Å². The molecule has 20 nitrogen and oxygen atoms in total. The highest BCUT2D eigenvalue weighted by Crippen LogP contribution is 2.25. The van der Waals surface area contributed by atoms with Gasteiger partial charge in [0.2, 0.25) is 40.1 Å². The van der Waals surface area contributed by atoms with Crippen molar-refractivity contribution >= 4 is 40.1 Å². The average Bonchev–Trinajstić information content (AvgIpc) is 4.16. The fourth-order valence-electron chi connectivity index (χ4n) is 9.06. The molecule has 0 amide bonds. The Balaban J connectivity index is -0.000000414. The molecule has 1 N–H and O–H groups in total. The molecule has 24 heteroatoms. The molecule has 4 unspecified atom stereocenters. The molecule has 0 aromatic rings. The fourth-order valence-corrected chi connectivity index (χ4v) is 12.5. The van der Waals surface area contributed by atoms with Crippen LogP contribution in [-0.2, 0) is 54.3 Å². The number of sulfonamides is 4. The molecule has 0 saturated carbocycles. The first-order chi connectivity index (χ1) is 35.3. The van der Waals surface area contributed by atoms with Crippen molar-refractivity contribution in [1.82, 2.24) is 36.8 Å². The molecule has 0 aromatic carbocycles. The van der Waals surface area contributed by atoms with Crippen molar-refractivity contribution in [2.24, 2.45) is 11.3 Å². The maximum atomic E-state index is 11.3. The number of methoxy groups -OCH3 is 3. The number of fused-ring (bicyclic) bond motifs is 4. The lowest BCUT2D eigenvalue weighted by Gasteiger charge is -2.35. The zero-order valence-electron chi connectivity index (χ0n) is 52.6. The normalized spacial score (nSPS) is 24.1. The summed E-state index contributed by atoms with van der Waals surface area (Å²) >= 11 is 0. The van der Waals surface area contributed by atoms with Crippen molar-refractivity contribution in [2.75, 3.05) is 165 Å². The molecule has 8 rings (SSSR count). The Morgan fingerprint density at radius 2 is 0.557 bits per heavy atom. The predicted octanol–water partition coefficient (Wildman–Crippen LogP) is 6.23. The Kier molecular flexibility index (Phi) is 44.4. The summed E-state index contributed by atoms with van der Waals surface area (Å²) in [4.78, 5) is 9.62. The van der Waals surface area contributed by atoms with Crippen LogP contribution in [-0.4, -0.2) is 277 Å². The third-order valence-corrected chi connectivity index (χ3v) is 18.2. The Bertz CT molecular complexity index is 1740. The van der Waals surface area contributed by atoms with Crippen LogP contribution in [0.5, 0.6) is 0 Å². The molecular formula is C55H126N8O12S4. The first kappa shape index (κ1) is 84.8. The molecule has 0 aliphatic carbocycles. The van der Waals surface area contributed by atoms with Crippen LogP contribution in [0.2, 0.25) is 0 Å². The van der Waals surface area contributed by atoms with Crippen LogP contribution in [0.25, 0.3) is 0 Å². The van der Waals surface area contributed by atoms with Gasteiger partial charge in [0, 0.05) is 138 Å². The summed E-state index contributed by atoms with van der Waals surface area (Å²) in [7, 11) is -4.17. The highest BCUT2D eigenvalue weighted by Gasteiger charge is 2.37. The maximum absolute atomic E-state index is 11.3. The van der Waals surface area contributed by atoms with E-state index < -0.39 is 40.1 Å². The van der Waals surface area contributed by atoms with Crippen LogP contribution in [0.4, 0.5) is 0 Å². The summed E-state index contributed by atoms with van der Waals surface area (Å²) in [5.74, 6) is 0.833. The summed E-state index contributed by atoms with van der Waals surface area (Å²) in [6, 6.07) is 1.96. The zero-order chi connectivity index (χ0) is 60.2. The summed E-state index contributed by atoms with van der Waals surface area (Å²) in [6.45, 7) is 39.1. The van der Waals surface area contributed by atoms with E-state index in [1.54, 1.807) is 45.7 Å². The predicted molar refractivity (Wildman–Crippen MR) is 333 cm³/mol. The van der Waals surface area contributed by atoms with Gasteiger partial charge in [0.1, 0.15) is 0 Å². The van der Waals surface area contributed by atoms with E-state index in [1.165, 1.54) is 50.7 Å². The van der Waals surface area contributed by atoms with Crippen LogP contribution in [0.1, 0.15) is 149 Å². The van der Waals surface area contributed by atoms with Gasteiger partial charge in [-0.25, -0.2) is 33.7 Å². The van der Waals surface area contributed by atoms with Gasteiger partial charge in [-0.3, -0.25) is 19.6 Å². The van der Waals surface area contributed by atoms with Gasteiger partial charge in [-0.1, -0.05) is 63.3 Å². The van der Waals surface area contributed by atoms with E-state index in [0.717, 1.165) is 91.1 Å². The first-order valence-corrected chi connectivity index (χ1v) is 35.4. The average molecular weight is 1220 g/mol. The summed E-state index contributed by atoms with van der Waals surface area (Å²) in [6.07, 6.45) is 15.1. The number of hydrogen-bond acceptors (Lipinski definition) is 16. The molecule has 0 radical (unpaired) electrons. The molecule has 4 atom stereocenters. The third-order valence-electron chi connectivity index (χ3n) is 13.2. The minimum atomic E-state index is -2.96. The molecule has 8 fully saturated rings. The number of nitrogens with zero attached hydrogens (tertiary/aromatic N) is 8. The van der Waals surface area contributed by atoms with Gasteiger partial charge in [-0.15, -0.1) is 0 Å². The molecule has 0 spiro atoms. The van der Waals surface area contributed by atoms with E-state index >= 15 is 0 Å². The van der Waals surface area contributed by atoms with Crippen LogP contribution < -0.4 is 0 Å². The Morgan fingerprint density at radius 1 is 0.405 bits per heavy atom. The van der Waals surface area contributed by atoms with Crippen molar-refractivity contribution in [1.29, 1.82) is 0 Å². The molecule has 482 valence electrons. The Labute approximate surface area is 489 Å². The molecule has 8 aliphatic rings. The van der Waals surface area contributed by atoms with E-state index in [1.807, 2.05) is 34.6 Å². The first-order valence-electron chi connectivity index (χ1n) is 28.0. The highest BCUT2D eigenvalue weighted by atomic mass is 32.2. The SMILES string of the molecule is C.C.CC(C)(C)C.CC(C)C.CO.COC.COC(C)(C)C.COC(C)C.CS(=O)(=O)N1CCN2CCCC2C1.CS(=O)(=O)N1CCN2CCCC2C1.CS(=O)(=O)N1CCN2CCCC2C1.CS(=O)(=O)N1CCN2CCCC2C1. The maximum Gasteiger partial charge on any atom is 0.211 e. The van der Waals surface area contributed by atoms with E-state index in [2.05, 4.69) is 72.8 Å². The van der Waals surface area contributed by atoms with Gasteiger partial charge < -0.3 is 19.3 Å². The van der Waals surface area contributed by atoms with Crippen molar-refractivity contribution in [3.05, 3.63) is 0 Å². The minimum Gasteiger partial charge on any atom is -0.400 e. The Morgan fingerprint density at radius 3 is 0.671 bits per heavy atom. The van der Waals surface area contributed by atoms with Gasteiger partial charge in [-0.2, -0.15) is 17.2 Å². The topological polar surface area (TPSA) is 210 Å². The number of aliphatic hydroxyl groups excluding tert-OH is 1. The van der Waals surface area contributed by atoms with E-state index in [-0.39, 0.29) is 20.5 Å². The van der Waals surface area contributed by atoms with Crippen LogP contribution in [0.3, 0.4) is 0 Å².